The van der Waals surface area contributed by atoms with Gasteiger partial charge < -0.3 is 10.4 Å². The van der Waals surface area contributed by atoms with E-state index in [1.165, 1.54) is 12.3 Å². The quantitative estimate of drug-likeness (QED) is 0.838. The lowest BCUT2D eigenvalue weighted by molar-refractivity contribution is 0.137. The Kier molecular flexibility index (Phi) is 4.29. The summed E-state index contributed by atoms with van der Waals surface area (Å²) in [6.07, 6.45) is 0.830. The third kappa shape index (κ3) is 3.64. The van der Waals surface area contributed by atoms with Crippen molar-refractivity contribution >= 4 is 17.4 Å². The molecule has 5 heteroatoms. The molecule has 2 N–H and O–H groups in total. The van der Waals surface area contributed by atoms with Crippen LogP contribution in [0.25, 0.3) is 0 Å². The van der Waals surface area contributed by atoms with Gasteiger partial charge in [-0.25, -0.2) is 9.37 Å². The standard InChI is InChI=1S/C10H14ClFN2O/c1-6(2)9(15)5-14-10-8(12)3-7(11)4-13-10/h3-4,6,9,15H,5H2,1-2H3,(H,13,14). The van der Waals surface area contributed by atoms with Gasteiger partial charge >= 0.3 is 0 Å². The molecule has 84 valence electrons. The first-order chi connectivity index (χ1) is 7.00. The number of pyridine rings is 1. The number of anilines is 1. The van der Waals surface area contributed by atoms with E-state index in [-0.39, 0.29) is 23.3 Å². The molecule has 0 aliphatic rings. The number of nitrogens with zero attached hydrogens (tertiary/aromatic N) is 1. The zero-order valence-corrected chi connectivity index (χ0v) is 9.42. The molecule has 0 amide bonds. The Morgan fingerprint density at radius 2 is 2.27 bits per heavy atom. The van der Waals surface area contributed by atoms with Crippen molar-refractivity contribution in [3.8, 4) is 0 Å². The van der Waals surface area contributed by atoms with Crippen LogP contribution in [0.1, 0.15) is 13.8 Å². The second-order valence-electron chi connectivity index (χ2n) is 3.68. The molecule has 0 saturated heterocycles. The summed E-state index contributed by atoms with van der Waals surface area (Å²) < 4.78 is 13.2. The number of aliphatic hydroxyl groups excluding tert-OH is 1. The van der Waals surface area contributed by atoms with Gasteiger partial charge in [0.15, 0.2) is 11.6 Å². The predicted octanol–water partition coefficient (Wildman–Crippen LogP) is 2.30. The lowest BCUT2D eigenvalue weighted by Gasteiger charge is -2.15. The van der Waals surface area contributed by atoms with Crippen molar-refractivity contribution in [1.82, 2.24) is 4.98 Å². The molecule has 1 rings (SSSR count). The number of nitrogens with one attached hydrogen (secondary N) is 1. The summed E-state index contributed by atoms with van der Waals surface area (Å²) in [5, 5.41) is 12.5. The minimum atomic E-state index is -0.526. The monoisotopic (exact) mass is 232 g/mol. The molecule has 1 unspecified atom stereocenters. The first kappa shape index (κ1) is 12.2. The molecule has 1 heterocycles. The largest absolute Gasteiger partial charge is 0.391 e. The molecule has 0 bridgehead atoms. The summed E-state index contributed by atoms with van der Waals surface area (Å²) in [6, 6.07) is 1.18. The maximum absolute atomic E-state index is 13.2. The van der Waals surface area contributed by atoms with Gasteiger partial charge in [0.1, 0.15) is 0 Å². The zero-order valence-electron chi connectivity index (χ0n) is 8.67. The Morgan fingerprint density at radius 3 is 2.80 bits per heavy atom. The smallest absolute Gasteiger partial charge is 0.166 e. The van der Waals surface area contributed by atoms with Gasteiger partial charge in [0.05, 0.1) is 11.1 Å². The van der Waals surface area contributed by atoms with E-state index in [1.54, 1.807) is 0 Å². The summed E-state index contributed by atoms with van der Waals surface area (Å²) in [4.78, 5) is 3.78. The average Bonchev–Trinajstić information content (AvgIpc) is 2.15. The SMILES string of the molecule is CC(C)C(O)CNc1ncc(Cl)cc1F. The van der Waals surface area contributed by atoms with Crippen LogP contribution in [-0.2, 0) is 0 Å². The maximum atomic E-state index is 13.2. The first-order valence-electron chi connectivity index (χ1n) is 4.73. The third-order valence-electron chi connectivity index (χ3n) is 2.06. The molecule has 0 saturated carbocycles. The number of hydrogen-bond donors (Lipinski definition) is 2. The minimum Gasteiger partial charge on any atom is -0.391 e. The van der Waals surface area contributed by atoms with Crippen molar-refractivity contribution < 1.29 is 9.50 Å². The fraction of sp³-hybridized carbons (Fsp3) is 0.500. The molecule has 0 fully saturated rings. The van der Waals surface area contributed by atoms with Crippen molar-refractivity contribution in [3.63, 3.8) is 0 Å². The molecule has 15 heavy (non-hydrogen) atoms. The van der Waals surface area contributed by atoms with Gasteiger partial charge in [0.2, 0.25) is 0 Å². The van der Waals surface area contributed by atoms with Crippen LogP contribution in [0.4, 0.5) is 10.2 Å². The van der Waals surface area contributed by atoms with Crippen LogP contribution in [0.15, 0.2) is 12.3 Å². The second kappa shape index (κ2) is 5.28. The number of halogens is 2. The van der Waals surface area contributed by atoms with E-state index in [4.69, 9.17) is 11.6 Å². The summed E-state index contributed by atoms with van der Waals surface area (Å²) >= 11 is 5.55. The Bertz CT molecular complexity index is 333. The summed E-state index contributed by atoms with van der Waals surface area (Å²) in [6.45, 7) is 4.04. The van der Waals surface area contributed by atoms with Crippen LogP contribution in [-0.4, -0.2) is 22.7 Å². The third-order valence-corrected chi connectivity index (χ3v) is 2.26. The van der Waals surface area contributed by atoms with Crippen LogP contribution in [0.3, 0.4) is 0 Å². The Hall–Kier alpha value is -0.870. The van der Waals surface area contributed by atoms with E-state index in [2.05, 4.69) is 10.3 Å². The molecular weight excluding hydrogens is 219 g/mol. The van der Waals surface area contributed by atoms with Crippen molar-refractivity contribution in [2.24, 2.45) is 5.92 Å². The molecule has 1 aromatic heterocycles. The first-order valence-corrected chi connectivity index (χ1v) is 5.11. The van der Waals surface area contributed by atoms with Crippen LogP contribution < -0.4 is 5.32 Å². The number of aromatic nitrogens is 1. The molecule has 3 nitrogen and oxygen atoms in total. The molecule has 1 aromatic rings. The Labute approximate surface area is 93.3 Å². The van der Waals surface area contributed by atoms with Crippen molar-refractivity contribution in [2.75, 3.05) is 11.9 Å². The summed E-state index contributed by atoms with van der Waals surface area (Å²) in [7, 11) is 0. The number of rotatable bonds is 4. The lowest BCUT2D eigenvalue weighted by atomic mass is 10.1. The summed E-state index contributed by atoms with van der Waals surface area (Å²) in [5.74, 6) is -0.287. The highest BCUT2D eigenvalue weighted by atomic mass is 35.5. The van der Waals surface area contributed by atoms with Gasteiger partial charge in [-0.2, -0.15) is 0 Å². The van der Waals surface area contributed by atoms with E-state index in [0.29, 0.717) is 0 Å². The van der Waals surface area contributed by atoms with Gasteiger partial charge in [-0.1, -0.05) is 25.4 Å². The average molecular weight is 233 g/mol. The molecule has 0 radical (unpaired) electrons. The van der Waals surface area contributed by atoms with Gasteiger partial charge in [-0.3, -0.25) is 0 Å². The Balaban J connectivity index is 2.58. The maximum Gasteiger partial charge on any atom is 0.166 e. The van der Waals surface area contributed by atoms with Crippen LogP contribution >= 0.6 is 11.6 Å². The fourth-order valence-corrected chi connectivity index (χ4v) is 1.13. The fourth-order valence-electron chi connectivity index (χ4n) is 0.982. The van der Waals surface area contributed by atoms with Crippen LogP contribution in [0.2, 0.25) is 5.02 Å². The molecule has 0 aromatic carbocycles. The highest BCUT2D eigenvalue weighted by molar-refractivity contribution is 6.30. The number of aliphatic hydroxyl groups is 1. The predicted molar refractivity (Wildman–Crippen MR) is 58.5 cm³/mol. The normalized spacial score (nSPS) is 12.9. The zero-order chi connectivity index (χ0) is 11.4. The van der Waals surface area contributed by atoms with Gasteiger partial charge in [0.25, 0.3) is 0 Å². The van der Waals surface area contributed by atoms with E-state index >= 15 is 0 Å². The van der Waals surface area contributed by atoms with Crippen molar-refractivity contribution in [3.05, 3.63) is 23.1 Å². The molecule has 0 aliphatic carbocycles. The molecule has 1 atom stereocenters. The molecular formula is C10H14ClFN2O. The Morgan fingerprint density at radius 1 is 1.60 bits per heavy atom. The van der Waals surface area contributed by atoms with Gasteiger partial charge in [0, 0.05) is 12.7 Å². The summed E-state index contributed by atoms with van der Waals surface area (Å²) in [5.41, 5.74) is 0. The van der Waals surface area contributed by atoms with Gasteiger partial charge in [-0.05, 0) is 12.0 Å². The molecule has 0 spiro atoms. The van der Waals surface area contributed by atoms with E-state index < -0.39 is 11.9 Å². The van der Waals surface area contributed by atoms with Gasteiger partial charge in [-0.15, -0.1) is 0 Å². The minimum absolute atomic E-state index is 0.110. The van der Waals surface area contributed by atoms with E-state index in [1.807, 2.05) is 13.8 Å². The topological polar surface area (TPSA) is 45.1 Å². The highest BCUT2D eigenvalue weighted by Crippen LogP contribution is 2.15. The molecule has 0 aliphatic heterocycles. The number of hydrogen-bond acceptors (Lipinski definition) is 3. The van der Waals surface area contributed by atoms with E-state index in [0.717, 1.165) is 0 Å². The van der Waals surface area contributed by atoms with Crippen molar-refractivity contribution in [2.45, 2.75) is 20.0 Å². The highest BCUT2D eigenvalue weighted by Gasteiger charge is 2.10. The van der Waals surface area contributed by atoms with Crippen molar-refractivity contribution in [1.29, 1.82) is 0 Å². The van der Waals surface area contributed by atoms with Crippen LogP contribution in [0.5, 0.6) is 0 Å². The van der Waals surface area contributed by atoms with E-state index in [9.17, 15) is 9.50 Å². The van der Waals surface area contributed by atoms with Crippen LogP contribution in [0, 0.1) is 11.7 Å². The lowest BCUT2D eigenvalue weighted by Crippen LogP contribution is -2.25. The second-order valence-corrected chi connectivity index (χ2v) is 4.11.